The van der Waals surface area contributed by atoms with Gasteiger partial charge in [-0.3, -0.25) is 4.79 Å². The zero-order chi connectivity index (χ0) is 18.1. The molecule has 0 fully saturated rings. The Balaban J connectivity index is 1.64. The maximum Gasteiger partial charge on any atom is 0.225 e. The molecule has 0 aliphatic carbocycles. The lowest BCUT2D eigenvalue weighted by Gasteiger charge is -2.17. The maximum absolute atomic E-state index is 12.0. The minimum absolute atomic E-state index is 0.0369. The first-order chi connectivity index (χ1) is 12.1. The standard InChI is InChI=1S/C19H23ClN2O3/c1-22(12-13-25-18-8-6-17(24-2)7-9-18)11-10-19(23)21-16-5-3-4-15(20)14-16/h3-9,14H,10-13H2,1-2H3,(H,21,23). The fraction of sp³-hybridized carbons (Fsp3) is 0.316. The lowest BCUT2D eigenvalue weighted by Crippen LogP contribution is -2.28. The fourth-order valence-corrected chi connectivity index (χ4v) is 2.38. The van der Waals surface area contributed by atoms with Gasteiger partial charge in [-0.05, 0) is 49.5 Å². The first kappa shape index (κ1) is 19.1. The van der Waals surface area contributed by atoms with Gasteiger partial charge in [-0.1, -0.05) is 17.7 Å². The van der Waals surface area contributed by atoms with E-state index in [1.54, 1.807) is 25.3 Å². The van der Waals surface area contributed by atoms with E-state index < -0.39 is 0 Å². The highest BCUT2D eigenvalue weighted by Crippen LogP contribution is 2.17. The van der Waals surface area contributed by atoms with Crippen LogP contribution in [0.3, 0.4) is 0 Å². The van der Waals surface area contributed by atoms with Crippen molar-refractivity contribution in [3.63, 3.8) is 0 Å². The highest BCUT2D eigenvalue weighted by Gasteiger charge is 2.06. The van der Waals surface area contributed by atoms with E-state index in [9.17, 15) is 4.79 Å². The number of carbonyl (C=O) groups excluding carboxylic acids is 1. The van der Waals surface area contributed by atoms with Gasteiger partial charge in [-0.15, -0.1) is 0 Å². The van der Waals surface area contributed by atoms with Gasteiger partial charge in [-0.2, -0.15) is 0 Å². The Hall–Kier alpha value is -2.24. The second-order valence-electron chi connectivity index (χ2n) is 5.64. The number of carbonyl (C=O) groups is 1. The third kappa shape index (κ3) is 7.03. The average Bonchev–Trinajstić information content (AvgIpc) is 2.60. The number of hydrogen-bond acceptors (Lipinski definition) is 4. The van der Waals surface area contributed by atoms with Crippen LogP contribution in [0.5, 0.6) is 11.5 Å². The fourth-order valence-electron chi connectivity index (χ4n) is 2.19. The predicted octanol–water partition coefficient (Wildman–Crippen LogP) is 3.69. The zero-order valence-electron chi connectivity index (χ0n) is 14.5. The van der Waals surface area contributed by atoms with Crippen LogP contribution in [0.1, 0.15) is 6.42 Å². The van der Waals surface area contributed by atoms with Crippen molar-refractivity contribution in [2.24, 2.45) is 0 Å². The number of hydrogen-bond donors (Lipinski definition) is 1. The molecule has 0 aliphatic rings. The normalized spacial score (nSPS) is 10.6. The van der Waals surface area contributed by atoms with Crippen LogP contribution in [0, 0.1) is 0 Å². The minimum atomic E-state index is -0.0369. The van der Waals surface area contributed by atoms with Gasteiger partial charge in [0, 0.05) is 30.2 Å². The molecule has 0 saturated heterocycles. The molecular formula is C19H23ClN2O3. The topological polar surface area (TPSA) is 50.8 Å². The van der Waals surface area contributed by atoms with Crippen LogP contribution < -0.4 is 14.8 Å². The van der Waals surface area contributed by atoms with Crippen molar-refractivity contribution in [1.82, 2.24) is 4.90 Å². The number of nitrogens with zero attached hydrogens (tertiary/aromatic N) is 1. The Morgan fingerprint density at radius 3 is 2.52 bits per heavy atom. The number of methoxy groups -OCH3 is 1. The van der Waals surface area contributed by atoms with Crippen molar-refractivity contribution < 1.29 is 14.3 Å². The van der Waals surface area contributed by atoms with E-state index in [1.165, 1.54) is 0 Å². The van der Waals surface area contributed by atoms with E-state index >= 15 is 0 Å². The first-order valence-corrected chi connectivity index (χ1v) is 8.45. The average molecular weight is 363 g/mol. The minimum Gasteiger partial charge on any atom is -0.497 e. The van der Waals surface area contributed by atoms with Crippen molar-refractivity contribution in [2.45, 2.75) is 6.42 Å². The van der Waals surface area contributed by atoms with Gasteiger partial charge in [0.15, 0.2) is 0 Å². The molecule has 0 radical (unpaired) electrons. The molecule has 25 heavy (non-hydrogen) atoms. The number of rotatable bonds is 9. The molecule has 0 aliphatic heterocycles. The van der Waals surface area contributed by atoms with Crippen LogP contribution in [0.2, 0.25) is 5.02 Å². The van der Waals surface area contributed by atoms with Gasteiger partial charge in [0.1, 0.15) is 18.1 Å². The molecule has 0 spiro atoms. The number of benzene rings is 2. The molecule has 1 amide bonds. The molecule has 0 saturated carbocycles. The van der Waals surface area contributed by atoms with Gasteiger partial charge in [0.05, 0.1) is 7.11 Å². The summed E-state index contributed by atoms with van der Waals surface area (Å²) >= 11 is 5.90. The zero-order valence-corrected chi connectivity index (χ0v) is 15.3. The summed E-state index contributed by atoms with van der Waals surface area (Å²) in [5.74, 6) is 1.56. The van der Waals surface area contributed by atoms with Gasteiger partial charge >= 0.3 is 0 Å². The highest BCUT2D eigenvalue weighted by atomic mass is 35.5. The van der Waals surface area contributed by atoms with Gasteiger partial charge in [-0.25, -0.2) is 0 Å². The summed E-state index contributed by atoms with van der Waals surface area (Å²) in [6, 6.07) is 14.6. The van der Waals surface area contributed by atoms with E-state index in [1.807, 2.05) is 37.4 Å². The van der Waals surface area contributed by atoms with E-state index in [0.717, 1.165) is 18.0 Å². The van der Waals surface area contributed by atoms with Crippen LogP contribution in [0.4, 0.5) is 5.69 Å². The number of amides is 1. The molecule has 6 heteroatoms. The molecule has 2 aromatic rings. The maximum atomic E-state index is 12.0. The number of likely N-dealkylation sites (N-methyl/N-ethyl adjacent to an activating group) is 1. The summed E-state index contributed by atoms with van der Waals surface area (Å²) in [7, 11) is 3.59. The van der Waals surface area contributed by atoms with E-state index in [4.69, 9.17) is 21.1 Å². The molecule has 2 aromatic carbocycles. The number of ether oxygens (including phenoxy) is 2. The van der Waals surface area contributed by atoms with Crippen LogP contribution >= 0.6 is 11.6 Å². The Bertz CT molecular complexity index is 677. The Kier molecular flexibility index (Phi) is 7.57. The smallest absolute Gasteiger partial charge is 0.225 e. The largest absolute Gasteiger partial charge is 0.497 e. The van der Waals surface area contributed by atoms with Crippen LogP contribution in [-0.2, 0) is 4.79 Å². The third-order valence-corrected chi connectivity index (χ3v) is 3.87. The van der Waals surface area contributed by atoms with Crippen molar-refractivity contribution in [3.8, 4) is 11.5 Å². The SMILES string of the molecule is COc1ccc(OCCN(C)CCC(=O)Nc2cccc(Cl)c2)cc1. The summed E-state index contributed by atoms with van der Waals surface area (Å²) in [4.78, 5) is 14.0. The van der Waals surface area contributed by atoms with E-state index in [-0.39, 0.29) is 5.91 Å². The molecule has 0 atom stereocenters. The molecule has 2 rings (SSSR count). The van der Waals surface area contributed by atoms with Crippen molar-refractivity contribution >= 4 is 23.2 Å². The number of anilines is 1. The second-order valence-corrected chi connectivity index (χ2v) is 6.07. The molecule has 1 N–H and O–H groups in total. The van der Waals surface area contributed by atoms with E-state index in [0.29, 0.717) is 30.3 Å². The monoisotopic (exact) mass is 362 g/mol. The Morgan fingerprint density at radius 2 is 1.84 bits per heavy atom. The molecular weight excluding hydrogens is 340 g/mol. The van der Waals surface area contributed by atoms with Gasteiger partial charge < -0.3 is 19.7 Å². The lowest BCUT2D eigenvalue weighted by atomic mass is 10.3. The number of halogens is 1. The van der Waals surface area contributed by atoms with Crippen LogP contribution in [0.15, 0.2) is 48.5 Å². The lowest BCUT2D eigenvalue weighted by molar-refractivity contribution is -0.116. The number of nitrogens with one attached hydrogen (secondary N) is 1. The van der Waals surface area contributed by atoms with Crippen LogP contribution in [-0.4, -0.2) is 44.7 Å². The third-order valence-electron chi connectivity index (χ3n) is 3.63. The quantitative estimate of drug-likeness (QED) is 0.739. The van der Waals surface area contributed by atoms with Crippen molar-refractivity contribution in [2.75, 3.05) is 39.2 Å². The highest BCUT2D eigenvalue weighted by molar-refractivity contribution is 6.30. The summed E-state index contributed by atoms with van der Waals surface area (Å²) < 4.78 is 10.8. The Labute approximate surface area is 153 Å². The van der Waals surface area contributed by atoms with Crippen LogP contribution in [0.25, 0.3) is 0 Å². The predicted molar refractivity (Wildman–Crippen MR) is 101 cm³/mol. The van der Waals surface area contributed by atoms with E-state index in [2.05, 4.69) is 10.2 Å². The summed E-state index contributed by atoms with van der Waals surface area (Å²) in [5, 5.41) is 3.44. The molecule has 134 valence electrons. The summed E-state index contributed by atoms with van der Waals surface area (Å²) in [5.41, 5.74) is 0.711. The van der Waals surface area contributed by atoms with Crippen molar-refractivity contribution in [3.05, 3.63) is 53.6 Å². The van der Waals surface area contributed by atoms with Gasteiger partial charge in [0.2, 0.25) is 5.91 Å². The molecule has 0 unspecified atom stereocenters. The summed E-state index contributed by atoms with van der Waals surface area (Å²) in [6.07, 6.45) is 0.408. The molecule has 5 nitrogen and oxygen atoms in total. The Morgan fingerprint density at radius 1 is 1.12 bits per heavy atom. The van der Waals surface area contributed by atoms with Gasteiger partial charge in [0.25, 0.3) is 0 Å². The van der Waals surface area contributed by atoms with Crippen molar-refractivity contribution in [1.29, 1.82) is 0 Å². The molecule has 0 heterocycles. The first-order valence-electron chi connectivity index (χ1n) is 8.07. The summed E-state index contributed by atoms with van der Waals surface area (Å²) in [6.45, 7) is 1.94. The molecule has 0 aromatic heterocycles. The second kappa shape index (κ2) is 9.91. The molecule has 0 bridgehead atoms.